The molecule has 0 aliphatic carbocycles. The van der Waals surface area contributed by atoms with Gasteiger partial charge in [-0.3, -0.25) is 9.59 Å². The quantitative estimate of drug-likeness (QED) is 0.877. The highest BCUT2D eigenvalue weighted by Crippen LogP contribution is 2.17. The molecule has 96 valence electrons. The number of ether oxygens (including phenoxy) is 1. The van der Waals surface area contributed by atoms with E-state index in [1.165, 1.54) is 4.90 Å². The lowest BCUT2D eigenvalue weighted by Gasteiger charge is -2.26. The van der Waals surface area contributed by atoms with E-state index in [-0.39, 0.29) is 25.0 Å². The molecule has 0 saturated carbocycles. The summed E-state index contributed by atoms with van der Waals surface area (Å²) in [5.41, 5.74) is 0. The second kappa shape index (κ2) is 5.73. The molecule has 1 heterocycles. The van der Waals surface area contributed by atoms with Crippen LogP contribution in [0.3, 0.4) is 0 Å². The van der Waals surface area contributed by atoms with Gasteiger partial charge in [-0.15, -0.1) is 0 Å². The van der Waals surface area contributed by atoms with Crippen molar-refractivity contribution in [1.29, 1.82) is 0 Å². The molecule has 0 spiro atoms. The van der Waals surface area contributed by atoms with Gasteiger partial charge < -0.3 is 15.0 Å². The van der Waals surface area contributed by atoms with Gasteiger partial charge in [0, 0.05) is 18.1 Å². The lowest BCUT2D eigenvalue weighted by molar-refractivity contribution is -0.139. The van der Waals surface area contributed by atoms with E-state index in [1.807, 2.05) is 0 Å². The van der Waals surface area contributed by atoms with E-state index in [0.29, 0.717) is 23.9 Å². The van der Waals surface area contributed by atoms with Crippen LogP contribution in [0, 0.1) is 0 Å². The van der Waals surface area contributed by atoms with Crippen LogP contribution in [0.5, 0.6) is 5.75 Å². The van der Waals surface area contributed by atoms with Gasteiger partial charge in [-0.05, 0) is 18.2 Å². The van der Waals surface area contributed by atoms with E-state index in [4.69, 9.17) is 16.3 Å². The van der Waals surface area contributed by atoms with Gasteiger partial charge in [-0.1, -0.05) is 17.7 Å². The Hall–Kier alpha value is -1.75. The molecule has 1 aliphatic heterocycles. The number of hydrogen-bond donors (Lipinski definition) is 1. The Morgan fingerprint density at radius 1 is 1.50 bits per heavy atom. The van der Waals surface area contributed by atoms with Crippen molar-refractivity contribution in [3.05, 3.63) is 29.3 Å². The van der Waals surface area contributed by atoms with E-state index in [1.54, 1.807) is 24.3 Å². The maximum absolute atomic E-state index is 11.8. The highest BCUT2D eigenvalue weighted by molar-refractivity contribution is 6.30. The molecule has 0 aromatic heterocycles. The summed E-state index contributed by atoms with van der Waals surface area (Å²) in [6, 6.07) is 6.83. The molecule has 2 amide bonds. The fraction of sp³-hybridized carbons (Fsp3) is 0.333. The van der Waals surface area contributed by atoms with Crippen LogP contribution in [0.2, 0.25) is 5.02 Å². The zero-order valence-electron chi connectivity index (χ0n) is 9.69. The van der Waals surface area contributed by atoms with Crippen LogP contribution in [0.1, 0.15) is 0 Å². The first kappa shape index (κ1) is 12.7. The van der Waals surface area contributed by atoms with Crippen molar-refractivity contribution < 1.29 is 14.3 Å². The fourth-order valence-electron chi connectivity index (χ4n) is 1.64. The predicted octanol–water partition coefficient (Wildman–Crippen LogP) is 0.677. The Morgan fingerprint density at radius 2 is 2.33 bits per heavy atom. The third kappa shape index (κ3) is 3.37. The molecule has 2 rings (SSSR count). The molecule has 1 aromatic rings. The Morgan fingerprint density at radius 3 is 3.06 bits per heavy atom. The monoisotopic (exact) mass is 268 g/mol. The van der Waals surface area contributed by atoms with Gasteiger partial charge in [0.25, 0.3) is 5.91 Å². The number of nitrogens with zero attached hydrogens (tertiary/aromatic N) is 1. The molecule has 6 heteroatoms. The smallest absolute Gasteiger partial charge is 0.261 e. The van der Waals surface area contributed by atoms with Crippen LogP contribution < -0.4 is 10.1 Å². The number of halogens is 1. The minimum Gasteiger partial charge on any atom is -0.484 e. The molecule has 1 saturated heterocycles. The molecular weight excluding hydrogens is 256 g/mol. The maximum Gasteiger partial charge on any atom is 0.261 e. The average molecular weight is 269 g/mol. The first-order valence-corrected chi connectivity index (χ1v) is 5.96. The Bertz CT molecular complexity index is 464. The van der Waals surface area contributed by atoms with Crippen LogP contribution in [0.15, 0.2) is 24.3 Å². The summed E-state index contributed by atoms with van der Waals surface area (Å²) in [7, 11) is 0. The Labute approximate surface area is 110 Å². The number of hydrogen-bond acceptors (Lipinski definition) is 3. The lowest BCUT2D eigenvalue weighted by Crippen LogP contribution is -2.51. The second-order valence-corrected chi connectivity index (χ2v) is 4.35. The van der Waals surface area contributed by atoms with E-state index >= 15 is 0 Å². The summed E-state index contributed by atoms with van der Waals surface area (Å²) in [6.07, 6.45) is 0. The van der Waals surface area contributed by atoms with Gasteiger partial charge >= 0.3 is 0 Å². The lowest BCUT2D eigenvalue weighted by atomic mass is 10.3. The van der Waals surface area contributed by atoms with Gasteiger partial charge in [-0.2, -0.15) is 0 Å². The van der Waals surface area contributed by atoms with Crippen LogP contribution in [0.25, 0.3) is 0 Å². The predicted molar refractivity (Wildman–Crippen MR) is 66.5 cm³/mol. The molecular formula is C12H13ClN2O3. The Kier molecular flexibility index (Phi) is 4.04. The summed E-state index contributed by atoms with van der Waals surface area (Å²) in [6.45, 7) is 1.01. The van der Waals surface area contributed by atoms with Crippen molar-refractivity contribution >= 4 is 23.4 Å². The summed E-state index contributed by atoms with van der Waals surface area (Å²) in [5.74, 6) is 0.194. The molecule has 5 nitrogen and oxygen atoms in total. The first-order valence-electron chi connectivity index (χ1n) is 5.58. The number of carbonyl (C=O) groups excluding carboxylic acids is 2. The average Bonchev–Trinajstić information content (AvgIpc) is 2.36. The van der Waals surface area contributed by atoms with Crippen molar-refractivity contribution in [2.75, 3.05) is 26.2 Å². The number of amides is 2. The zero-order valence-corrected chi connectivity index (χ0v) is 10.4. The standard InChI is InChI=1S/C12H13ClN2O3/c13-9-2-1-3-10(6-9)18-8-12(17)15-5-4-14-11(16)7-15/h1-3,6H,4-5,7-8H2,(H,14,16). The van der Waals surface area contributed by atoms with E-state index in [9.17, 15) is 9.59 Å². The SMILES string of the molecule is O=C1CN(C(=O)COc2cccc(Cl)c2)CCN1. The highest BCUT2D eigenvalue weighted by Gasteiger charge is 2.21. The number of piperazine rings is 1. The molecule has 1 fully saturated rings. The molecule has 0 unspecified atom stereocenters. The largest absolute Gasteiger partial charge is 0.484 e. The van der Waals surface area contributed by atoms with Gasteiger partial charge in [-0.25, -0.2) is 0 Å². The summed E-state index contributed by atoms with van der Waals surface area (Å²) >= 11 is 5.80. The molecule has 1 aliphatic rings. The molecule has 0 radical (unpaired) electrons. The number of carbonyl (C=O) groups is 2. The van der Waals surface area contributed by atoms with Crippen LogP contribution in [-0.4, -0.2) is 43.0 Å². The normalized spacial score (nSPS) is 15.2. The number of nitrogens with one attached hydrogen (secondary N) is 1. The third-order valence-electron chi connectivity index (χ3n) is 2.55. The summed E-state index contributed by atoms with van der Waals surface area (Å²) in [5, 5.41) is 3.21. The molecule has 18 heavy (non-hydrogen) atoms. The number of rotatable bonds is 3. The minimum absolute atomic E-state index is 0.0897. The molecule has 1 N–H and O–H groups in total. The topological polar surface area (TPSA) is 58.6 Å². The van der Waals surface area contributed by atoms with Crippen molar-refractivity contribution in [2.45, 2.75) is 0 Å². The highest BCUT2D eigenvalue weighted by atomic mass is 35.5. The molecule has 0 atom stereocenters. The molecule has 1 aromatic carbocycles. The van der Waals surface area contributed by atoms with Crippen LogP contribution in [0.4, 0.5) is 0 Å². The van der Waals surface area contributed by atoms with Gasteiger partial charge in [0.15, 0.2) is 6.61 Å². The van der Waals surface area contributed by atoms with Crippen molar-refractivity contribution in [3.63, 3.8) is 0 Å². The maximum atomic E-state index is 11.8. The minimum atomic E-state index is -0.204. The van der Waals surface area contributed by atoms with E-state index in [2.05, 4.69) is 5.32 Å². The van der Waals surface area contributed by atoms with E-state index in [0.717, 1.165) is 0 Å². The fourth-order valence-corrected chi connectivity index (χ4v) is 1.82. The zero-order chi connectivity index (χ0) is 13.0. The summed E-state index contributed by atoms with van der Waals surface area (Å²) in [4.78, 5) is 24.4. The van der Waals surface area contributed by atoms with Crippen molar-refractivity contribution in [2.24, 2.45) is 0 Å². The van der Waals surface area contributed by atoms with Gasteiger partial charge in [0.2, 0.25) is 5.91 Å². The summed E-state index contributed by atoms with van der Waals surface area (Å²) < 4.78 is 5.33. The first-order chi connectivity index (χ1) is 8.65. The van der Waals surface area contributed by atoms with Gasteiger partial charge in [0.1, 0.15) is 5.75 Å². The van der Waals surface area contributed by atoms with Crippen LogP contribution >= 0.6 is 11.6 Å². The van der Waals surface area contributed by atoms with Crippen molar-refractivity contribution in [3.8, 4) is 5.75 Å². The number of benzene rings is 1. The van der Waals surface area contributed by atoms with Crippen LogP contribution in [-0.2, 0) is 9.59 Å². The molecule has 0 bridgehead atoms. The third-order valence-corrected chi connectivity index (χ3v) is 2.78. The second-order valence-electron chi connectivity index (χ2n) is 3.91. The van der Waals surface area contributed by atoms with E-state index < -0.39 is 0 Å². The van der Waals surface area contributed by atoms with Crippen molar-refractivity contribution in [1.82, 2.24) is 10.2 Å². The Balaban J connectivity index is 1.86. The van der Waals surface area contributed by atoms with Gasteiger partial charge in [0.05, 0.1) is 6.54 Å².